The Kier molecular flexibility index (Phi) is 5.69. The maximum atomic E-state index is 14.9. The molecule has 0 spiro atoms. The summed E-state index contributed by atoms with van der Waals surface area (Å²) >= 11 is 0. The Balaban J connectivity index is 1.97. The van der Waals surface area contributed by atoms with Gasteiger partial charge in [-0.3, -0.25) is 13.9 Å². The van der Waals surface area contributed by atoms with Gasteiger partial charge >= 0.3 is 5.69 Å². The van der Waals surface area contributed by atoms with E-state index in [1.54, 1.807) is 45.2 Å². The lowest BCUT2D eigenvalue weighted by Gasteiger charge is -2.28. The second kappa shape index (κ2) is 7.87. The first kappa shape index (κ1) is 20.3. The summed E-state index contributed by atoms with van der Waals surface area (Å²) < 4.78 is 41.4. The fourth-order valence-electron chi connectivity index (χ4n) is 3.60. The van der Waals surface area contributed by atoms with Crippen molar-refractivity contribution >= 4 is 0 Å². The van der Waals surface area contributed by atoms with Crippen molar-refractivity contribution < 1.29 is 18.3 Å². The summed E-state index contributed by atoms with van der Waals surface area (Å²) in [4.78, 5) is 25.2. The molecule has 0 N–H and O–H groups in total. The Morgan fingerprint density at radius 1 is 1.21 bits per heavy atom. The zero-order valence-electron chi connectivity index (χ0n) is 16.1. The molecule has 4 atom stereocenters. The first-order chi connectivity index (χ1) is 13.4. The molecular formula is C20H24F2N2O4. The molecule has 0 radical (unpaired) electrons. The van der Waals surface area contributed by atoms with Gasteiger partial charge in [-0.05, 0) is 24.1 Å². The molecule has 2 aromatic rings. The number of rotatable bonds is 6. The Labute approximate surface area is 161 Å². The van der Waals surface area contributed by atoms with Crippen LogP contribution in [-0.2, 0) is 11.3 Å². The highest BCUT2D eigenvalue weighted by molar-refractivity contribution is 5.27. The lowest BCUT2D eigenvalue weighted by atomic mass is 9.86. The van der Waals surface area contributed by atoms with Crippen molar-refractivity contribution in [2.45, 2.75) is 44.8 Å². The third-order valence-electron chi connectivity index (χ3n) is 5.63. The molecule has 8 heteroatoms. The zero-order chi connectivity index (χ0) is 20.5. The van der Waals surface area contributed by atoms with Gasteiger partial charge in [0.05, 0.1) is 13.7 Å². The summed E-state index contributed by atoms with van der Waals surface area (Å²) in [7, 11) is 1.54. The number of ether oxygens (including phenoxy) is 2. The first-order valence-corrected chi connectivity index (χ1v) is 9.19. The molecule has 28 heavy (non-hydrogen) atoms. The molecule has 3 rings (SSSR count). The molecule has 0 saturated carbocycles. The van der Waals surface area contributed by atoms with Crippen LogP contribution in [0.15, 0.2) is 46.1 Å². The quantitative estimate of drug-likeness (QED) is 0.756. The van der Waals surface area contributed by atoms with Crippen LogP contribution in [0.5, 0.6) is 5.75 Å². The van der Waals surface area contributed by atoms with Gasteiger partial charge < -0.3 is 9.47 Å². The lowest BCUT2D eigenvalue weighted by molar-refractivity contribution is -0.102. The van der Waals surface area contributed by atoms with Crippen LogP contribution < -0.4 is 16.0 Å². The van der Waals surface area contributed by atoms with Crippen LogP contribution in [0.25, 0.3) is 0 Å². The highest BCUT2D eigenvalue weighted by atomic mass is 19.1. The topological polar surface area (TPSA) is 62.5 Å². The van der Waals surface area contributed by atoms with E-state index in [9.17, 15) is 18.4 Å². The molecule has 6 nitrogen and oxygen atoms in total. The zero-order valence-corrected chi connectivity index (χ0v) is 16.1. The molecule has 1 aromatic carbocycles. The average molecular weight is 394 g/mol. The average Bonchev–Trinajstić information content (AvgIpc) is 2.97. The van der Waals surface area contributed by atoms with Crippen LogP contribution in [0.2, 0.25) is 0 Å². The van der Waals surface area contributed by atoms with Crippen molar-refractivity contribution in [3.63, 3.8) is 0 Å². The molecule has 152 valence electrons. The van der Waals surface area contributed by atoms with Crippen LogP contribution in [0.1, 0.15) is 32.1 Å². The second-order valence-corrected chi connectivity index (χ2v) is 7.07. The van der Waals surface area contributed by atoms with E-state index >= 15 is 0 Å². The number of halogens is 2. The number of hydrogen-bond acceptors (Lipinski definition) is 4. The minimum Gasteiger partial charge on any atom is -0.497 e. The molecular weight excluding hydrogens is 370 g/mol. The number of alkyl halides is 2. The Bertz CT molecular complexity index is 934. The minimum absolute atomic E-state index is 0.0176. The van der Waals surface area contributed by atoms with Crippen molar-refractivity contribution in [2.75, 3.05) is 13.8 Å². The van der Waals surface area contributed by atoms with E-state index in [0.29, 0.717) is 11.3 Å². The monoisotopic (exact) mass is 394 g/mol. The third kappa shape index (κ3) is 3.37. The van der Waals surface area contributed by atoms with E-state index in [4.69, 9.17) is 9.47 Å². The van der Waals surface area contributed by atoms with Gasteiger partial charge in [-0.25, -0.2) is 13.6 Å². The van der Waals surface area contributed by atoms with Gasteiger partial charge in [-0.2, -0.15) is 0 Å². The summed E-state index contributed by atoms with van der Waals surface area (Å²) in [6.45, 7) is 2.47. The van der Waals surface area contributed by atoms with Gasteiger partial charge in [0, 0.05) is 18.2 Å². The van der Waals surface area contributed by atoms with Gasteiger partial charge in [0.1, 0.15) is 18.0 Å². The molecule has 2 heterocycles. The third-order valence-corrected chi connectivity index (χ3v) is 5.63. The Morgan fingerprint density at radius 2 is 1.89 bits per heavy atom. The van der Waals surface area contributed by atoms with Crippen molar-refractivity contribution in [1.29, 1.82) is 0 Å². The fraction of sp³-hybridized carbons (Fsp3) is 0.500. The van der Waals surface area contributed by atoms with Gasteiger partial charge in [0.15, 0.2) is 12.4 Å². The van der Waals surface area contributed by atoms with Crippen molar-refractivity contribution in [2.24, 2.45) is 5.92 Å². The summed E-state index contributed by atoms with van der Waals surface area (Å²) in [6.07, 6.45) is -1.36. The Hall–Kier alpha value is -2.48. The van der Waals surface area contributed by atoms with Gasteiger partial charge in [0.25, 0.3) is 5.56 Å². The van der Waals surface area contributed by atoms with Crippen LogP contribution in [0.4, 0.5) is 8.78 Å². The van der Waals surface area contributed by atoms with E-state index in [0.717, 1.165) is 9.13 Å². The summed E-state index contributed by atoms with van der Waals surface area (Å²) in [6, 6.07) is 8.10. The molecule has 1 saturated heterocycles. The van der Waals surface area contributed by atoms with Crippen LogP contribution >= 0.6 is 0 Å². The van der Waals surface area contributed by atoms with Crippen molar-refractivity contribution in [3.8, 4) is 5.75 Å². The minimum atomic E-state index is -1.57. The SMILES string of the molecule is CC[C@@]1(CF)O[C@@H](n2ccc(=O)n(Cc3ccc(OC)cc3)c2=O)[C@H](F)[C@@H]1C. The molecule has 0 bridgehead atoms. The standard InChI is InChI=1S/C20H24F2N2O4/c1-4-20(12-21)13(2)17(22)18(28-20)23-10-9-16(25)24(19(23)26)11-14-5-7-15(27-3)8-6-14/h5-10,13,17-18H,4,11-12H2,1-3H3/t13-,17+,18+,20-/m0/s1. The predicted octanol–water partition coefficient (Wildman–Crippen LogP) is 2.69. The number of nitrogens with zero attached hydrogens (tertiary/aromatic N) is 2. The Morgan fingerprint density at radius 3 is 2.43 bits per heavy atom. The molecule has 0 unspecified atom stereocenters. The molecule has 1 fully saturated rings. The largest absolute Gasteiger partial charge is 0.497 e. The summed E-state index contributed by atoms with van der Waals surface area (Å²) in [5.74, 6) is -0.0707. The second-order valence-electron chi connectivity index (χ2n) is 7.07. The van der Waals surface area contributed by atoms with Crippen molar-refractivity contribution in [1.82, 2.24) is 9.13 Å². The highest BCUT2D eigenvalue weighted by Gasteiger charge is 2.53. The molecule has 1 aromatic heterocycles. The van der Waals surface area contributed by atoms with Crippen molar-refractivity contribution in [3.05, 3.63) is 62.9 Å². The van der Waals surface area contributed by atoms with E-state index < -0.39 is 41.8 Å². The predicted molar refractivity (Wildman–Crippen MR) is 100 cm³/mol. The normalized spacial score (nSPS) is 27.1. The highest BCUT2D eigenvalue weighted by Crippen LogP contribution is 2.44. The molecule has 0 amide bonds. The van der Waals surface area contributed by atoms with Gasteiger partial charge in [-0.15, -0.1) is 0 Å². The van der Waals surface area contributed by atoms with E-state index in [1.807, 2.05) is 0 Å². The lowest BCUT2D eigenvalue weighted by Crippen LogP contribution is -2.42. The fourth-order valence-corrected chi connectivity index (χ4v) is 3.60. The number of benzene rings is 1. The number of hydrogen-bond donors (Lipinski definition) is 0. The van der Waals surface area contributed by atoms with Gasteiger partial charge in [-0.1, -0.05) is 26.0 Å². The smallest absolute Gasteiger partial charge is 0.333 e. The first-order valence-electron chi connectivity index (χ1n) is 9.19. The molecule has 1 aliphatic rings. The number of aromatic nitrogens is 2. The maximum Gasteiger partial charge on any atom is 0.333 e. The summed E-state index contributed by atoms with van der Waals surface area (Å²) in [5.41, 5.74) is -1.78. The van der Waals surface area contributed by atoms with E-state index in [1.165, 1.54) is 12.3 Å². The van der Waals surface area contributed by atoms with E-state index in [2.05, 4.69) is 0 Å². The number of methoxy groups -OCH3 is 1. The maximum absolute atomic E-state index is 14.9. The summed E-state index contributed by atoms with van der Waals surface area (Å²) in [5, 5.41) is 0. The van der Waals surface area contributed by atoms with Gasteiger partial charge in [0.2, 0.25) is 0 Å². The van der Waals surface area contributed by atoms with Crippen LogP contribution in [-0.4, -0.2) is 34.7 Å². The van der Waals surface area contributed by atoms with Crippen LogP contribution in [0, 0.1) is 5.92 Å². The van der Waals surface area contributed by atoms with Crippen LogP contribution in [0.3, 0.4) is 0 Å². The molecule has 0 aliphatic carbocycles. The molecule has 1 aliphatic heterocycles. The van der Waals surface area contributed by atoms with E-state index in [-0.39, 0.29) is 13.0 Å².